The van der Waals surface area contributed by atoms with Crippen LogP contribution in [0.25, 0.3) is 0 Å². The Hall–Kier alpha value is 0.400. The lowest BCUT2D eigenvalue weighted by Gasteiger charge is -2.14. The van der Waals surface area contributed by atoms with Crippen LogP contribution in [-0.4, -0.2) is 15.5 Å². The first-order valence-corrected chi connectivity index (χ1v) is 5.20. The molecule has 0 unspecified atom stereocenters. The SMILES string of the molecule is CC[C@@H](C)[C@H](C)C(C)=[N+](C)I. The van der Waals surface area contributed by atoms with Gasteiger partial charge in [-0.15, -0.1) is 0 Å². The first kappa shape index (κ1) is 11.4. The van der Waals surface area contributed by atoms with E-state index >= 15 is 0 Å². The van der Waals surface area contributed by atoms with Gasteiger partial charge in [0.25, 0.3) is 0 Å². The third kappa shape index (κ3) is 3.54. The monoisotopic (exact) mass is 268 g/mol. The lowest BCUT2D eigenvalue weighted by molar-refractivity contribution is -0.257. The summed E-state index contributed by atoms with van der Waals surface area (Å²) in [7, 11) is 2.11. The van der Waals surface area contributed by atoms with Crippen LogP contribution in [0.2, 0.25) is 0 Å². The van der Waals surface area contributed by atoms with E-state index in [1.165, 1.54) is 12.1 Å². The highest BCUT2D eigenvalue weighted by Crippen LogP contribution is 2.16. The molecule has 0 aliphatic carbocycles. The molecule has 0 aromatic heterocycles. The molecule has 0 N–H and O–H groups in total. The van der Waals surface area contributed by atoms with Crippen molar-refractivity contribution in [2.24, 2.45) is 11.8 Å². The third-order valence-electron chi connectivity index (χ3n) is 2.64. The zero-order valence-electron chi connectivity index (χ0n) is 8.19. The van der Waals surface area contributed by atoms with E-state index in [-0.39, 0.29) is 0 Å². The molecule has 0 aliphatic heterocycles. The zero-order chi connectivity index (χ0) is 9.02. The predicted octanol–water partition coefficient (Wildman–Crippen LogP) is 3.12. The van der Waals surface area contributed by atoms with Crippen LogP contribution < -0.4 is 0 Å². The lowest BCUT2D eigenvalue weighted by Crippen LogP contribution is -2.20. The van der Waals surface area contributed by atoms with Gasteiger partial charge in [-0.25, -0.2) is 0 Å². The Bertz CT molecular complexity index is 148. The summed E-state index contributed by atoms with van der Waals surface area (Å²) >= 11 is 2.33. The van der Waals surface area contributed by atoms with Crippen LogP contribution in [0.1, 0.15) is 34.1 Å². The Morgan fingerprint density at radius 2 is 1.91 bits per heavy atom. The van der Waals surface area contributed by atoms with E-state index in [1.807, 2.05) is 0 Å². The Morgan fingerprint density at radius 3 is 2.18 bits per heavy atom. The Balaban J connectivity index is 4.24. The van der Waals surface area contributed by atoms with Crippen molar-refractivity contribution in [3.63, 3.8) is 0 Å². The van der Waals surface area contributed by atoms with Gasteiger partial charge in [0.15, 0.2) is 5.71 Å². The zero-order valence-corrected chi connectivity index (χ0v) is 10.3. The largest absolute Gasteiger partial charge is 0.347 e. The quantitative estimate of drug-likeness (QED) is 0.420. The Kier molecular flexibility index (Phi) is 5.30. The molecule has 0 heterocycles. The lowest BCUT2D eigenvalue weighted by atomic mass is 9.90. The average molecular weight is 268 g/mol. The van der Waals surface area contributed by atoms with Crippen LogP contribution in [0.15, 0.2) is 0 Å². The second kappa shape index (κ2) is 5.12. The molecule has 0 rings (SSSR count). The van der Waals surface area contributed by atoms with Crippen LogP contribution in [0.4, 0.5) is 0 Å². The Morgan fingerprint density at radius 1 is 1.45 bits per heavy atom. The average Bonchev–Trinajstić information content (AvgIpc) is 2.00. The van der Waals surface area contributed by atoms with Gasteiger partial charge in [-0.05, 0) is 5.92 Å². The second-order valence-corrected chi connectivity index (χ2v) is 4.74. The van der Waals surface area contributed by atoms with Crippen LogP contribution in [-0.2, 0) is 0 Å². The number of hydrogen-bond donors (Lipinski definition) is 0. The van der Waals surface area contributed by atoms with Crippen molar-refractivity contribution in [1.82, 2.24) is 0 Å². The van der Waals surface area contributed by atoms with Gasteiger partial charge in [0.1, 0.15) is 7.05 Å². The molecule has 0 aromatic rings. The van der Waals surface area contributed by atoms with Gasteiger partial charge in [0, 0.05) is 12.8 Å². The van der Waals surface area contributed by atoms with E-state index in [0.29, 0.717) is 5.92 Å². The van der Waals surface area contributed by atoms with E-state index in [1.54, 1.807) is 0 Å². The van der Waals surface area contributed by atoms with Crippen molar-refractivity contribution in [2.45, 2.75) is 34.1 Å². The summed E-state index contributed by atoms with van der Waals surface area (Å²) in [5.41, 5.74) is 1.47. The first-order valence-electron chi connectivity index (χ1n) is 4.23. The highest BCUT2D eigenvalue weighted by atomic mass is 127. The van der Waals surface area contributed by atoms with Crippen molar-refractivity contribution >= 4 is 28.6 Å². The van der Waals surface area contributed by atoms with Gasteiger partial charge >= 0.3 is 22.9 Å². The van der Waals surface area contributed by atoms with Gasteiger partial charge in [-0.1, -0.05) is 27.2 Å². The van der Waals surface area contributed by atoms with E-state index < -0.39 is 0 Å². The third-order valence-corrected chi connectivity index (χ3v) is 3.40. The van der Waals surface area contributed by atoms with Crippen LogP contribution >= 0.6 is 22.9 Å². The fourth-order valence-corrected chi connectivity index (χ4v) is 1.49. The fourth-order valence-electron chi connectivity index (χ4n) is 1.05. The summed E-state index contributed by atoms with van der Waals surface area (Å²) in [6.07, 6.45) is 1.27. The molecule has 1 nitrogen and oxygen atoms in total. The standard InChI is InChI=1S/C9H19IN/c1-6-7(2)8(3)9(4)11(5)10/h7-8H,6H2,1-5H3/q+1/t7-,8+/m1/s1. The molecule has 2 atom stereocenters. The molecule has 66 valence electrons. The molecule has 11 heavy (non-hydrogen) atoms. The molecule has 2 heteroatoms. The minimum Gasteiger partial charge on any atom is -0.179 e. The van der Waals surface area contributed by atoms with Gasteiger partial charge in [-0.2, -0.15) is 2.79 Å². The minimum atomic E-state index is 0.710. The maximum Gasteiger partial charge on any atom is 0.347 e. The molecule has 0 radical (unpaired) electrons. The maximum atomic E-state index is 2.33. The van der Waals surface area contributed by atoms with Crippen molar-refractivity contribution in [3.8, 4) is 0 Å². The van der Waals surface area contributed by atoms with Crippen LogP contribution in [0.5, 0.6) is 0 Å². The summed E-state index contributed by atoms with van der Waals surface area (Å²) in [6.45, 7) is 9.08. The van der Waals surface area contributed by atoms with Gasteiger partial charge in [-0.3, -0.25) is 0 Å². The molecule has 0 bridgehead atoms. The number of hydrogen-bond acceptors (Lipinski definition) is 0. The van der Waals surface area contributed by atoms with E-state index in [0.717, 1.165) is 5.92 Å². The van der Waals surface area contributed by atoms with Gasteiger partial charge in [0.05, 0.1) is 0 Å². The topological polar surface area (TPSA) is 3.01 Å². The summed E-state index contributed by atoms with van der Waals surface area (Å²) < 4.78 is 2.19. The summed E-state index contributed by atoms with van der Waals surface area (Å²) in [5, 5.41) is 0. The number of halogens is 1. The number of rotatable bonds is 3. The molecule has 0 aromatic carbocycles. The first-order chi connectivity index (χ1) is 5.00. The summed E-state index contributed by atoms with van der Waals surface area (Å²) in [5.74, 6) is 1.51. The molecule has 0 saturated heterocycles. The summed E-state index contributed by atoms with van der Waals surface area (Å²) in [4.78, 5) is 0. The summed E-state index contributed by atoms with van der Waals surface area (Å²) in [6, 6.07) is 0. The van der Waals surface area contributed by atoms with E-state index in [2.05, 4.69) is 60.4 Å². The molecule has 0 aliphatic rings. The van der Waals surface area contributed by atoms with Gasteiger partial charge < -0.3 is 0 Å². The Labute approximate surface area is 84.4 Å². The van der Waals surface area contributed by atoms with Crippen molar-refractivity contribution in [1.29, 1.82) is 0 Å². The van der Waals surface area contributed by atoms with Crippen LogP contribution in [0, 0.1) is 11.8 Å². The molecule has 0 amide bonds. The predicted molar refractivity (Wildman–Crippen MR) is 59.5 cm³/mol. The minimum absolute atomic E-state index is 0.710. The van der Waals surface area contributed by atoms with Crippen molar-refractivity contribution in [2.75, 3.05) is 7.05 Å². The molecular weight excluding hydrogens is 249 g/mol. The van der Waals surface area contributed by atoms with E-state index in [9.17, 15) is 0 Å². The van der Waals surface area contributed by atoms with Crippen molar-refractivity contribution < 1.29 is 2.79 Å². The normalized spacial score (nSPS) is 19.1. The molecule has 0 saturated carbocycles. The number of nitrogens with zero attached hydrogens (tertiary/aromatic N) is 1. The van der Waals surface area contributed by atoms with Crippen LogP contribution in [0.3, 0.4) is 0 Å². The highest BCUT2D eigenvalue weighted by molar-refractivity contribution is 14.1. The highest BCUT2D eigenvalue weighted by Gasteiger charge is 2.18. The van der Waals surface area contributed by atoms with E-state index in [4.69, 9.17) is 0 Å². The second-order valence-electron chi connectivity index (χ2n) is 3.29. The smallest absolute Gasteiger partial charge is 0.179 e. The molecule has 0 fully saturated rings. The van der Waals surface area contributed by atoms with Crippen molar-refractivity contribution in [3.05, 3.63) is 0 Å². The molecule has 0 spiro atoms. The van der Waals surface area contributed by atoms with Gasteiger partial charge in [0.2, 0.25) is 0 Å². The fraction of sp³-hybridized carbons (Fsp3) is 0.889. The molecular formula is C9H19IN+. The maximum absolute atomic E-state index is 2.33.